The number of carbonyl (C=O) groups is 5. The second-order valence-electron chi connectivity index (χ2n) is 18.7. The SMILES string of the molecule is COP(O)(=S)OCCCCCCNC(=O)CCC(=O)N1Cc2ccccc2-c2c(nnn2CCOCCOCCOCCOc2ccc(NC(=O)c3cc4ccccc4s3)c(C(=O)NC3CCCCNC3=O)c2)-c2ccccc21. The molecule has 2 unspecified atom stereocenters. The highest BCUT2D eigenvalue weighted by molar-refractivity contribution is 8.07. The number of aromatic nitrogens is 3. The Hall–Kier alpha value is -6.46. The Morgan fingerprint density at radius 2 is 1.54 bits per heavy atom. The minimum absolute atomic E-state index is 0.0282. The molecule has 79 heavy (non-hydrogen) atoms. The van der Waals surface area contributed by atoms with E-state index in [4.69, 9.17) is 39.8 Å². The van der Waals surface area contributed by atoms with E-state index in [1.165, 1.54) is 18.4 Å². The van der Waals surface area contributed by atoms with E-state index in [0.29, 0.717) is 94.1 Å². The minimum Gasteiger partial charge on any atom is -0.491 e. The van der Waals surface area contributed by atoms with Gasteiger partial charge in [-0.2, -0.15) is 0 Å². The minimum atomic E-state index is -3.14. The quantitative estimate of drug-likeness (QED) is 0.0222. The van der Waals surface area contributed by atoms with Crippen molar-refractivity contribution in [1.82, 2.24) is 30.9 Å². The first kappa shape index (κ1) is 58.7. The molecule has 6 aromatic rings. The van der Waals surface area contributed by atoms with E-state index < -0.39 is 18.7 Å². The van der Waals surface area contributed by atoms with Crippen LogP contribution in [-0.4, -0.2) is 129 Å². The third-order valence-corrected chi connectivity index (χ3v) is 16.0. The number of rotatable bonds is 29. The zero-order valence-corrected chi connectivity index (χ0v) is 46.7. The Morgan fingerprint density at radius 1 is 0.810 bits per heavy atom. The van der Waals surface area contributed by atoms with E-state index in [9.17, 15) is 28.9 Å². The molecule has 5 amide bonds. The maximum absolute atomic E-state index is 14.0. The Bertz CT molecular complexity index is 3070. The molecule has 0 saturated carbocycles. The molecular weight excluding hydrogens is 1070 g/mol. The summed E-state index contributed by atoms with van der Waals surface area (Å²) in [6.45, 7) is 1.02. The van der Waals surface area contributed by atoms with Gasteiger partial charge in [0.15, 0.2) is 0 Å². The molecule has 2 aromatic heterocycles. The van der Waals surface area contributed by atoms with Gasteiger partial charge in [0, 0.05) is 48.9 Å². The summed E-state index contributed by atoms with van der Waals surface area (Å²) >= 11 is 6.19. The number of unbranched alkanes of at least 4 members (excludes halogenated alkanes) is 3. The molecule has 1 fully saturated rings. The van der Waals surface area contributed by atoms with Gasteiger partial charge >= 0.3 is 6.72 Å². The summed E-state index contributed by atoms with van der Waals surface area (Å²) in [5.74, 6) is -1.08. The van der Waals surface area contributed by atoms with Crippen LogP contribution >= 0.6 is 18.1 Å². The highest BCUT2D eigenvalue weighted by Crippen LogP contribution is 2.43. The number of ether oxygens (including phenoxy) is 4. The van der Waals surface area contributed by atoms with Gasteiger partial charge in [-0.25, -0.2) is 4.68 Å². The molecule has 0 aliphatic carbocycles. The largest absolute Gasteiger partial charge is 0.491 e. The summed E-state index contributed by atoms with van der Waals surface area (Å²) in [5, 5.41) is 21.6. The average molecular weight is 1140 g/mol. The van der Waals surface area contributed by atoms with Crippen molar-refractivity contribution in [2.24, 2.45) is 0 Å². The second-order valence-corrected chi connectivity index (χ2v) is 22.7. The fraction of sp³-hybridized carbons (Fsp3) is 0.411. The predicted molar refractivity (Wildman–Crippen MR) is 305 cm³/mol. The van der Waals surface area contributed by atoms with Gasteiger partial charge in [-0.05, 0) is 91.3 Å². The van der Waals surface area contributed by atoms with Crippen molar-refractivity contribution in [3.05, 3.63) is 113 Å². The van der Waals surface area contributed by atoms with Crippen LogP contribution in [0.25, 0.3) is 32.6 Å². The smallest absolute Gasteiger partial charge is 0.324 e. The van der Waals surface area contributed by atoms with Gasteiger partial charge in [0.05, 0.1) is 86.8 Å². The maximum Gasteiger partial charge on any atom is 0.324 e. The van der Waals surface area contributed by atoms with Gasteiger partial charge < -0.3 is 59.1 Å². The monoisotopic (exact) mass is 1140 g/mol. The lowest BCUT2D eigenvalue weighted by Gasteiger charge is -2.28. The number of benzene rings is 4. The van der Waals surface area contributed by atoms with E-state index in [0.717, 1.165) is 64.6 Å². The number of hydrogen-bond acceptors (Lipinski definition) is 15. The van der Waals surface area contributed by atoms with Gasteiger partial charge in [0.2, 0.25) is 17.7 Å². The molecule has 0 spiro atoms. The number of thiophene rings is 1. The molecule has 1 saturated heterocycles. The molecule has 20 nitrogen and oxygen atoms in total. The van der Waals surface area contributed by atoms with Crippen LogP contribution in [0, 0.1) is 0 Å². The molecule has 420 valence electrons. The van der Waals surface area contributed by atoms with E-state index >= 15 is 0 Å². The van der Waals surface area contributed by atoms with Crippen molar-refractivity contribution >= 4 is 80.9 Å². The van der Waals surface area contributed by atoms with E-state index in [1.807, 2.05) is 83.5 Å². The number of hydrogen-bond donors (Lipinski definition) is 5. The molecule has 0 bridgehead atoms. The Kier molecular flexibility index (Phi) is 22.0. The summed E-state index contributed by atoms with van der Waals surface area (Å²) < 4.78 is 36.2. The van der Waals surface area contributed by atoms with Crippen LogP contribution in [-0.2, 0) is 62.5 Å². The Balaban J connectivity index is 0.758. The van der Waals surface area contributed by atoms with Crippen molar-refractivity contribution < 1.29 is 56.9 Å². The third kappa shape index (κ3) is 16.8. The third-order valence-electron chi connectivity index (χ3n) is 13.2. The number of carbonyl (C=O) groups excluding carboxylic acids is 5. The van der Waals surface area contributed by atoms with Gasteiger partial charge in [-0.15, -0.1) is 16.4 Å². The predicted octanol–water partition coefficient (Wildman–Crippen LogP) is 7.79. The van der Waals surface area contributed by atoms with Crippen molar-refractivity contribution in [2.45, 2.75) is 76.9 Å². The highest BCUT2D eigenvalue weighted by atomic mass is 32.5. The zero-order chi connectivity index (χ0) is 55.4. The zero-order valence-electron chi connectivity index (χ0n) is 44.2. The van der Waals surface area contributed by atoms with E-state index in [2.05, 4.69) is 31.6 Å². The maximum atomic E-state index is 14.0. The first-order valence-electron chi connectivity index (χ1n) is 26.6. The van der Waals surface area contributed by atoms with Crippen LogP contribution in [0.3, 0.4) is 0 Å². The van der Waals surface area contributed by atoms with Gasteiger partial charge in [-0.3, -0.25) is 24.0 Å². The normalized spacial score (nSPS) is 14.8. The summed E-state index contributed by atoms with van der Waals surface area (Å²) in [4.78, 5) is 78.5. The number of fused-ring (bicyclic) bond motifs is 6. The average Bonchev–Trinajstić information content (AvgIpc) is 4.29. The molecule has 0 radical (unpaired) electrons. The first-order chi connectivity index (χ1) is 38.5. The van der Waals surface area contributed by atoms with Crippen LogP contribution in [0.1, 0.15) is 83.4 Å². The Labute approximate surface area is 468 Å². The topological polar surface area (TPSA) is 243 Å². The number of nitrogens with zero attached hydrogens (tertiary/aromatic N) is 4. The number of amides is 5. The summed E-state index contributed by atoms with van der Waals surface area (Å²) in [5.41, 5.74) is 5.14. The molecule has 5 N–H and O–H groups in total. The summed E-state index contributed by atoms with van der Waals surface area (Å²) in [7, 11) is 1.32. The van der Waals surface area contributed by atoms with E-state index in [1.54, 1.807) is 23.1 Å². The summed E-state index contributed by atoms with van der Waals surface area (Å²) in [6.07, 6.45) is 5.39. The number of anilines is 2. The lowest BCUT2D eigenvalue weighted by atomic mass is 9.95. The molecule has 2 aliphatic rings. The molecule has 2 atom stereocenters. The molecule has 4 heterocycles. The van der Waals surface area contributed by atoms with Gasteiger partial charge in [0.25, 0.3) is 11.8 Å². The molecule has 23 heteroatoms. The van der Waals surface area contributed by atoms with Crippen LogP contribution < -0.4 is 30.9 Å². The van der Waals surface area contributed by atoms with Crippen LogP contribution in [0.5, 0.6) is 5.75 Å². The number of nitrogens with one attached hydrogen (secondary N) is 4. The van der Waals surface area contributed by atoms with Crippen LogP contribution in [0.15, 0.2) is 97.1 Å². The lowest BCUT2D eigenvalue weighted by Crippen LogP contribution is -2.45. The van der Waals surface area contributed by atoms with Crippen molar-refractivity contribution in [3.63, 3.8) is 0 Å². The van der Waals surface area contributed by atoms with Gasteiger partial charge in [0.1, 0.15) is 24.1 Å². The van der Waals surface area contributed by atoms with Crippen molar-refractivity contribution in [3.8, 4) is 28.3 Å². The Morgan fingerprint density at radius 3 is 2.35 bits per heavy atom. The highest BCUT2D eigenvalue weighted by Gasteiger charge is 2.30. The first-order valence-corrected chi connectivity index (χ1v) is 30.0. The fourth-order valence-corrected chi connectivity index (χ4v) is 10.7. The molecule has 2 aliphatic heterocycles. The molecule has 4 aromatic carbocycles. The summed E-state index contributed by atoms with van der Waals surface area (Å²) in [6, 6.07) is 29.2. The molecule has 8 rings (SSSR count). The van der Waals surface area contributed by atoms with Crippen LogP contribution in [0.4, 0.5) is 11.4 Å². The van der Waals surface area contributed by atoms with Crippen molar-refractivity contribution in [1.29, 1.82) is 0 Å². The fourth-order valence-electron chi connectivity index (χ4n) is 9.09. The van der Waals surface area contributed by atoms with Crippen molar-refractivity contribution in [2.75, 3.05) is 83.3 Å². The lowest BCUT2D eigenvalue weighted by molar-refractivity contribution is -0.125. The second kappa shape index (κ2) is 29.7. The van der Waals surface area contributed by atoms with Gasteiger partial charge in [-0.1, -0.05) is 78.7 Å². The number of para-hydroxylation sites is 1. The molecular formula is C56H67N8O12PS2. The van der Waals surface area contributed by atoms with E-state index in [-0.39, 0.29) is 67.5 Å². The van der Waals surface area contributed by atoms with Crippen LogP contribution in [0.2, 0.25) is 0 Å². The standard InChI is InChI=1S/C56H67N8O12PS2/c1-71-77(70,78)76-28-13-3-2-11-25-57-50(65)23-24-51(66)63-38-40-15-4-6-16-42(40)53-52(43-17-7-8-19-47(43)63)61-62-64(53)27-29-72-30-31-73-32-33-74-34-35-75-41-21-22-45(59-56(69)49-36-39-14-5-9-20-48(39)79-49)44(37-41)54(67)60-46-18-10-12-26-58-55(46)68/h4-9,14-17,19-22,36-37,46H,2-3,10-13,18,23-35,38H2,1H3,(H,57,65)(H,58,68)(H,59,69)(H,60,67)(H,70,78).